The fourth-order valence-electron chi connectivity index (χ4n) is 3.56. The molecule has 0 spiro atoms. The molecule has 0 bridgehead atoms. The largest absolute Gasteiger partial charge is 0.481 e. The van der Waals surface area contributed by atoms with Crippen molar-refractivity contribution in [2.24, 2.45) is 5.10 Å². The van der Waals surface area contributed by atoms with Crippen LogP contribution < -0.4 is 5.01 Å². The molecule has 0 radical (unpaired) electrons. The number of rotatable bonds is 5. The first kappa shape index (κ1) is 17.5. The van der Waals surface area contributed by atoms with Crippen molar-refractivity contribution >= 4 is 23.3 Å². The SMILES string of the molecule is CC1=NN(c2ccc(C(=O)N3CCCCC3CCC(=O)O)cc2)CC1. The molecule has 1 fully saturated rings. The highest BCUT2D eigenvalue weighted by molar-refractivity contribution is 5.95. The van der Waals surface area contributed by atoms with Gasteiger partial charge in [-0.05, 0) is 56.9 Å². The van der Waals surface area contributed by atoms with Crippen molar-refractivity contribution in [3.8, 4) is 0 Å². The topological polar surface area (TPSA) is 73.2 Å². The zero-order valence-corrected chi connectivity index (χ0v) is 14.6. The monoisotopic (exact) mass is 343 g/mol. The number of benzene rings is 1. The summed E-state index contributed by atoms with van der Waals surface area (Å²) in [7, 11) is 0. The smallest absolute Gasteiger partial charge is 0.303 e. The van der Waals surface area contributed by atoms with E-state index in [0.717, 1.165) is 43.6 Å². The first-order valence-corrected chi connectivity index (χ1v) is 8.99. The molecule has 1 atom stereocenters. The van der Waals surface area contributed by atoms with Crippen LogP contribution in [-0.4, -0.2) is 46.7 Å². The Morgan fingerprint density at radius 1 is 1.20 bits per heavy atom. The quantitative estimate of drug-likeness (QED) is 0.891. The summed E-state index contributed by atoms with van der Waals surface area (Å²) in [4.78, 5) is 25.6. The molecule has 2 heterocycles. The average molecular weight is 343 g/mol. The van der Waals surface area contributed by atoms with Crippen molar-refractivity contribution in [2.75, 3.05) is 18.1 Å². The van der Waals surface area contributed by atoms with Crippen LogP contribution in [0, 0.1) is 0 Å². The van der Waals surface area contributed by atoms with E-state index in [4.69, 9.17) is 5.11 Å². The first-order chi connectivity index (χ1) is 12.0. The Balaban J connectivity index is 1.69. The molecule has 1 amide bonds. The van der Waals surface area contributed by atoms with Gasteiger partial charge in [0, 0.05) is 43.2 Å². The molecule has 0 aliphatic carbocycles. The third kappa shape index (κ3) is 4.18. The summed E-state index contributed by atoms with van der Waals surface area (Å²) in [5, 5.41) is 15.4. The lowest BCUT2D eigenvalue weighted by Gasteiger charge is -2.35. The standard InChI is InChI=1S/C19H25N3O3/c1-14-11-13-22(20-14)17-7-5-15(6-8-17)19(25)21-12-3-2-4-16(21)9-10-18(23)24/h5-8,16H,2-4,9-13H2,1H3,(H,23,24). The molecule has 1 aromatic rings. The average Bonchev–Trinajstić information content (AvgIpc) is 3.06. The molecule has 134 valence electrons. The second kappa shape index (κ2) is 7.68. The summed E-state index contributed by atoms with van der Waals surface area (Å²) >= 11 is 0. The molecule has 1 saturated heterocycles. The Kier molecular flexibility index (Phi) is 5.36. The fourth-order valence-corrected chi connectivity index (χ4v) is 3.56. The lowest BCUT2D eigenvalue weighted by Crippen LogP contribution is -2.44. The highest BCUT2D eigenvalue weighted by Crippen LogP contribution is 2.25. The number of amides is 1. The van der Waals surface area contributed by atoms with Gasteiger partial charge >= 0.3 is 5.97 Å². The van der Waals surface area contributed by atoms with Crippen LogP contribution in [0.15, 0.2) is 29.4 Å². The van der Waals surface area contributed by atoms with Crippen LogP contribution in [0.25, 0.3) is 0 Å². The maximum atomic E-state index is 12.9. The number of piperidine rings is 1. The third-order valence-electron chi connectivity index (χ3n) is 4.97. The molecule has 25 heavy (non-hydrogen) atoms. The maximum Gasteiger partial charge on any atom is 0.303 e. The summed E-state index contributed by atoms with van der Waals surface area (Å²) in [5.74, 6) is -0.800. The predicted molar refractivity (Wildman–Crippen MR) is 97.1 cm³/mol. The first-order valence-electron chi connectivity index (χ1n) is 8.99. The van der Waals surface area contributed by atoms with Gasteiger partial charge < -0.3 is 10.0 Å². The van der Waals surface area contributed by atoms with Crippen molar-refractivity contribution in [3.05, 3.63) is 29.8 Å². The van der Waals surface area contributed by atoms with Gasteiger partial charge in [-0.15, -0.1) is 0 Å². The minimum absolute atomic E-state index is 0.00254. The number of carbonyl (C=O) groups excluding carboxylic acids is 1. The number of carbonyl (C=O) groups is 2. The van der Waals surface area contributed by atoms with Crippen molar-refractivity contribution in [1.82, 2.24) is 4.90 Å². The van der Waals surface area contributed by atoms with E-state index in [1.807, 2.05) is 41.1 Å². The molecular weight excluding hydrogens is 318 g/mol. The number of carboxylic acid groups (broad SMARTS) is 1. The Hall–Kier alpha value is -2.37. The summed E-state index contributed by atoms with van der Waals surface area (Å²) in [6, 6.07) is 7.60. The van der Waals surface area contributed by atoms with E-state index in [1.54, 1.807) is 0 Å². The normalized spacial score (nSPS) is 20.5. The number of aliphatic carboxylic acids is 1. The summed E-state index contributed by atoms with van der Waals surface area (Å²) in [6.07, 6.45) is 4.54. The number of hydrazone groups is 1. The molecule has 0 saturated carbocycles. The summed E-state index contributed by atoms with van der Waals surface area (Å²) in [5.41, 5.74) is 2.77. The van der Waals surface area contributed by atoms with Crippen molar-refractivity contribution in [2.45, 2.75) is 51.5 Å². The zero-order chi connectivity index (χ0) is 17.8. The molecule has 1 aromatic carbocycles. The molecule has 1 unspecified atom stereocenters. The maximum absolute atomic E-state index is 12.9. The minimum atomic E-state index is -0.802. The summed E-state index contributed by atoms with van der Waals surface area (Å²) in [6.45, 7) is 3.61. The van der Waals surface area contributed by atoms with Gasteiger partial charge in [0.15, 0.2) is 0 Å². The fraction of sp³-hybridized carbons (Fsp3) is 0.526. The van der Waals surface area contributed by atoms with Crippen molar-refractivity contribution in [3.63, 3.8) is 0 Å². The molecule has 6 nitrogen and oxygen atoms in total. The zero-order valence-electron chi connectivity index (χ0n) is 14.6. The van der Waals surface area contributed by atoms with E-state index >= 15 is 0 Å². The number of nitrogens with zero attached hydrogens (tertiary/aromatic N) is 3. The van der Waals surface area contributed by atoms with E-state index in [9.17, 15) is 9.59 Å². The number of carboxylic acids is 1. The molecule has 6 heteroatoms. The van der Waals surface area contributed by atoms with E-state index in [0.29, 0.717) is 18.5 Å². The van der Waals surface area contributed by atoms with Crippen LogP contribution in [0.2, 0.25) is 0 Å². The van der Waals surface area contributed by atoms with Gasteiger partial charge in [-0.25, -0.2) is 0 Å². The van der Waals surface area contributed by atoms with Gasteiger partial charge in [0.2, 0.25) is 0 Å². The van der Waals surface area contributed by atoms with Gasteiger partial charge in [-0.1, -0.05) is 0 Å². The molecule has 1 N–H and O–H groups in total. The van der Waals surface area contributed by atoms with Gasteiger partial charge in [-0.3, -0.25) is 14.6 Å². The molecule has 3 rings (SSSR count). The third-order valence-corrected chi connectivity index (χ3v) is 4.97. The number of hydrogen-bond acceptors (Lipinski definition) is 4. The van der Waals surface area contributed by atoms with Crippen LogP contribution in [-0.2, 0) is 4.79 Å². The van der Waals surface area contributed by atoms with Gasteiger partial charge in [0.25, 0.3) is 5.91 Å². The number of hydrogen-bond donors (Lipinski definition) is 1. The molecule has 0 aromatic heterocycles. The van der Waals surface area contributed by atoms with Crippen LogP contribution in [0.5, 0.6) is 0 Å². The minimum Gasteiger partial charge on any atom is -0.481 e. The second-order valence-electron chi connectivity index (χ2n) is 6.84. The van der Waals surface area contributed by atoms with E-state index in [2.05, 4.69) is 5.10 Å². The van der Waals surface area contributed by atoms with Gasteiger partial charge in [0.1, 0.15) is 0 Å². The molecule has 2 aliphatic heterocycles. The Morgan fingerprint density at radius 3 is 2.60 bits per heavy atom. The molecule has 2 aliphatic rings. The van der Waals surface area contributed by atoms with Crippen molar-refractivity contribution in [1.29, 1.82) is 0 Å². The number of anilines is 1. The van der Waals surface area contributed by atoms with Crippen LogP contribution in [0.3, 0.4) is 0 Å². The van der Waals surface area contributed by atoms with E-state index in [1.165, 1.54) is 0 Å². The highest BCUT2D eigenvalue weighted by Gasteiger charge is 2.27. The lowest BCUT2D eigenvalue weighted by atomic mass is 9.97. The second-order valence-corrected chi connectivity index (χ2v) is 6.84. The van der Waals surface area contributed by atoms with Crippen LogP contribution >= 0.6 is 0 Å². The van der Waals surface area contributed by atoms with Crippen LogP contribution in [0.4, 0.5) is 5.69 Å². The van der Waals surface area contributed by atoms with Gasteiger partial charge in [-0.2, -0.15) is 5.10 Å². The highest BCUT2D eigenvalue weighted by atomic mass is 16.4. The Labute approximate surface area is 148 Å². The Bertz CT molecular complexity index is 669. The van der Waals surface area contributed by atoms with Gasteiger partial charge in [0.05, 0.1) is 5.69 Å². The molecular formula is C19H25N3O3. The van der Waals surface area contributed by atoms with E-state index < -0.39 is 5.97 Å². The van der Waals surface area contributed by atoms with Crippen LogP contribution in [0.1, 0.15) is 55.8 Å². The lowest BCUT2D eigenvalue weighted by molar-refractivity contribution is -0.137. The van der Waals surface area contributed by atoms with Crippen molar-refractivity contribution < 1.29 is 14.7 Å². The Morgan fingerprint density at radius 2 is 1.96 bits per heavy atom. The summed E-state index contributed by atoms with van der Waals surface area (Å²) < 4.78 is 0. The van der Waals surface area contributed by atoms with E-state index in [-0.39, 0.29) is 18.4 Å². The number of likely N-dealkylation sites (tertiary alicyclic amines) is 1. The predicted octanol–water partition coefficient (Wildman–Crippen LogP) is 3.13.